The van der Waals surface area contributed by atoms with E-state index in [1.807, 2.05) is 19.9 Å². The van der Waals surface area contributed by atoms with Crippen molar-refractivity contribution in [2.45, 2.75) is 51.7 Å². The molecule has 0 radical (unpaired) electrons. The third-order valence-corrected chi connectivity index (χ3v) is 6.20. The number of carbonyl (C=O) groups is 1. The van der Waals surface area contributed by atoms with Crippen molar-refractivity contribution in [1.82, 2.24) is 14.8 Å². The van der Waals surface area contributed by atoms with Gasteiger partial charge < -0.3 is 14.6 Å². The number of amides is 1. The van der Waals surface area contributed by atoms with Gasteiger partial charge in [-0.15, -0.1) is 10.2 Å². The number of rotatable bonds is 10. The summed E-state index contributed by atoms with van der Waals surface area (Å²) in [7, 11) is 1.68. The van der Waals surface area contributed by atoms with Gasteiger partial charge in [0.05, 0.1) is 12.9 Å². The fourth-order valence-corrected chi connectivity index (χ4v) is 4.38. The molecular formula is C24H29FN4O2S. The molecule has 1 aromatic heterocycles. The zero-order chi connectivity index (χ0) is 23.1. The normalized spacial score (nSPS) is 10.9. The summed E-state index contributed by atoms with van der Waals surface area (Å²) in [5, 5.41) is 12.2. The van der Waals surface area contributed by atoms with Gasteiger partial charge in [-0.05, 0) is 74.6 Å². The minimum Gasteiger partial charge on any atom is -0.496 e. The summed E-state index contributed by atoms with van der Waals surface area (Å²) in [4.78, 5) is 12.3. The number of anilines is 1. The summed E-state index contributed by atoms with van der Waals surface area (Å²) in [6.07, 6.45) is 2.72. The third-order valence-electron chi connectivity index (χ3n) is 5.23. The van der Waals surface area contributed by atoms with Crippen molar-refractivity contribution < 1.29 is 13.9 Å². The summed E-state index contributed by atoms with van der Waals surface area (Å²) >= 11 is 1.35. The van der Waals surface area contributed by atoms with Crippen LogP contribution in [0.5, 0.6) is 5.75 Å². The summed E-state index contributed by atoms with van der Waals surface area (Å²) in [6.45, 7) is 6.60. The Kier molecular flexibility index (Phi) is 8.27. The lowest BCUT2D eigenvalue weighted by atomic mass is 10.0. The first-order chi connectivity index (χ1) is 15.4. The van der Waals surface area contributed by atoms with E-state index in [1.165, 1.54) is 29.5 Å². The van der Waals surface area contributed by atoms with Gasteiger partial charge in [0.1, 0.15) is 17.4 Å². The third kappa shape index (κ3) is 6.09. The molecule has 0 bridgehead atoms. The van der Waals surface area contributed by atoms with Crippen LogP contribution in [0, 0.1) is 19.7 Å². The van der Waals surface area contributed by atoms with E-state index >= 15 is 0 Å². The monoisotopic (exact) mass is 456 g/mol. The Hall–Kier alpha value is -2.87. The van der Waals surface area contributed by atoms with Crippen LogP contribution >= 0.6 is 11.8 Å². The smallest absolute Gasteiger partial charge is 0.234 e. The van der Waals surface area contributed by atoms with Crippen molar-refractivity contribution in [3.05, 3.63) is 64.7 Å². The second-order valence-electron chi connectivity index (χ2n) is 7.60. The zero-order valence-corrected chi connectivity index (χ0v) is 19.8. The highest BCUT2D eigenvalue weighted by molar-refractivity contribution is 7.99. The van der Waals surface area contributed by atoms with Crippen molar-refractivity contribution in [3.63, 3.8) is 0 Å². The average Bonchev–Trinajstić information content (AvgIpc) is 3.16. The standard InChI is InChI=1S/C24H29FN4O2S/c1-5-29-22(8-6-7-18-9-12-21(31-4)17(3)13-18)27-28-24(29)32-15-23(30)26-20-11-10-19(25)14-16(20)2/h9-14H,5-8,15H2,1-4H3,(H,26,30). The van der Waals surface area contributed by atoms with Crippen molar-refractivity contribution in [3.8, 4) is 5.75 Å². The first kappa shape index (κ1) is 23.8. The molecule has 0 fully saturated rings. The number of benzene rings is 2. The molecule has 0 saturated carbocycles. The van der Waals surface area contributed by atoms with E-state index in [0.717, 1.165) is 48.1 Å². The highest BCUT2D eigenvalue weighted by atomic mass is 32.2. The number of methoxy groups -OCH3 is 1. The Morgan fingerprint density at radius 1 is 1.12 bits per heavy atom. The van der Waals surface area contributed by atoms with Gasteiger partial charge in [-0.25, -0.2) is 4.39 Å². The topological polar surface area (TPSA) is 69.0 Å². The number of aryl methyl sites for hydroxylation is 4. The minimum atomic E-state index is -0.319. The highest BCUT2D eigenvalue weighted by Gasteiger charge is 2.14. The van der Waals surface area contributed by atoms with Gasteiger partial charge in [0, 0.05) is 18.7 Å². The van der Waals surface area contributed by atoms with Gasteiger partial charge in [0.25, 0.3) is 0 Å². The number of carbonyl (C=O) groups excluding carboxylic acids is 1. The summed E-state index contributed by atoms with van der Waals surface area (Å²) in [5.41, 5.74) is 3.71. The first-order valence-electron chi connectivity index (χ1n) is 10.7. The minimum absolute atomic E-state index is 0.160. The Bertz CT molecular complexity index is 1080. The predicted octanol–water partition coefficient (Wildman–Crippen LogP) is 4.97. The number of hydrogen-bond donors (Lipinski definition) is 1. The molecule has 0 aliphatic heterocycles. The summed E-state index contributed by atoms with van der Waals surface area (Å²) in [5.74, 6) is 1.56. The molecule has 0 unspecified atom stereocenters. The molecule has 2 aromatic carbocycles. The molecule has 8 heteroatoms. The van der Waals surface area contributed by atoms with E-state index in [2.05, 4.69) is 32.2 Å². The van der Waals surface area contributed by atoms with Crippen molar-refractivity contribution >= 4 is 23.4 Å². The number of ether oxygens (including phenoxy) is 1. The molecule has 0 aliphatic rings. The predicted molar refractivity (Wildman–Crippen MR) is 126 cm³/mol. The lowest BCUT2D eigenvalue weighted by molar-refractivity contribution is -0.113. The van der Waals surface area contributed by atoms with Gasteiger partial charge in [-0.2, -0.15) is 0 Å². The molecule has 6 nitrogen and oxygen atoms in total. The molecule has 0 spiro atoms. The van der Waals surface area contributed by atoms with Gasteiger partial charge in [0.2, 0.25) is 5.91 Å². The van der Waals surface area contributed by atoms with E-state index in [9.17, 15) is 9.18 Å². The van der Waals surface area contributed by atoms with Crippen LogP contribution in [0.4, 0.5) is 10.1 Å². The van der Waals surface area contributed by atoms with Crippen LogP contribution in [0.2, 0.25) is 0 Å². The van der Waals surface area contributed by atoms with Crippen LogP contribution < -0.4 is 10.1 Å². The highest BCUT2D eigenvalue weighted by Crippen LogP contribution is 2.22. The fourth-order valence-electron chi connectivity index (χ4n) is 3.56. The second-order valence-corrected chi connectivity index (χ2v) is 8.54. The van der Waals surface area contributed by atoms with E-state index in [0.29, 0.717) is 11.3 Å². The zero-order valence-electron chi connectivity index (χ0n) is 18.9. The van der Waals surface area contributed by atoms with Crippen LogP contribution in [0.25, 0.3) is 0 Å². The summed E-state index contributed by atoms with van der Waals surface area (Å²) in [6, 6.07) is 10.6. The summed E-state index contributed by atoms with van der Waals surface area (Å²) < 4.78 is 20.6. The largest absolute Gasteiger partial charge is 0.496 e. The maximum Gasteiger partial charge on any atom is 0.234 e. The van der Waals surface area contributed by atoms with Gasteiger partial charge in [0.15, 0.2) is 5.16 Å². The molecule has 32 heavy (non-hydrogen) atoms. The molecule has 3 aromatic rings. The van der Waals surface area contributed by atoms with Crippen molar-refractivity contribution in [2.75, 3.05) is 18.2 Å². The van der Waals surface area contributed by atoms with Crippen LogP contribution in [-0.2, 0) is 24.2 Å². The average molecular weight is 457 g/mol. The van der Waals surface area contributed by atoms with Gasteiger partial charge in [-0.3, -0.25) is 4.79 Å². The van der Waals surface area contributed by atoms with Crippen LogP contribution in [0.3, 0.4) is 0 Å². The fraction of sp³-hybridized carbons (Fsp3) is 0.375. The molecule has 0 aliphatic carbocycles. The van der Waals surface area contributed by atoms with Crippen molar-refractivity contribution in [1.29, 1.82) is 0 Å². The number of thioether (sulfide) groups is 1. The number of nitrogens with zero attached hydrogens (tertiary/aromatic N) is 3. The number of halogens is 1. The molecule has 1 amide bonds. The SMILES string of the molecule is CCn1c(CCCc2ccc(OC)c(C)c2)nnc1SCC(=O)Nc1ccc(F)cc1C. The molecule has 3 rings (SSSR count). The van der Waals surface area contributed by atoms with Crippen LogP contribution in [0.15, 0.2) is 41.6 Å². The quantitative estimate of drug-likeness (QED) is 0.436. The van der Waals surface area contributed by atoms with E-state index < -0.39 is 0 Å². The van der Waals surface area contributed by atoms with E-state index in [4.69, 9.17) is 4.74 Å². The molecule has 170 valence electrons. The maximum atomic E-state index is 13.2. The molecule has 1 heterocycles. The lowest BCUT2D eigenvalue weighted by Crippen LogP contribution is -2.15. The molecular weight excluding hydrogens is 427 g/mol. The number of hydrogen-bond acceptors (Lipinski definition) is 5. The Morgan fingerprint density at radius 3 is 2.62 bits per heavy atom. The van der Waals surface area contributed by atoms with Gasteiger partial charge >= 0.3 is 0 Å². The second kappa shape index (κ2) is 11.1. The Labute approximate surface area is 192 Å². The van der Waals surface area contributed by atoms with Crippen LogP contribution in [-0.4, -0.2) is 33.5 Å². The Balaban J connectivity index is 1.53. The molecule has 0 saturated heterocycles. The van der Waals surface area contributed by atoms with Crippen LogP contribution in [0.1, 0.15) is 35.9 Å². The Morgan fingerprint density at radius 2 is 1.94 bits per heavy atom. The molecule has 1 N–H and O–H groups in total. The van der Waals surface area contributed by atoms with Crippen molar-refractivity contribution in [2.24, 2.45) is 0 Å². The molecule has 0 atom stereocenters. The maximum absolute atomic E-state index is 13.2. The lowest BCUT2D eigenvalue weighted by Gasteiger charge is -2.10. The van der Waals surface area contributed by atoms with E-state index in [-0.39, 0.29) is 17.5 Å². The number of aromatic nitrogens is 3. The van der Waals surface area contributed by atoms with Gasteiger partial charge in [-0.1, -0.05) is 23.9 Å². The first-order valence-corrected chi connectivity index (χ1v) is 11.6. The van der Waals surface area contributed by atoms with E-state index in [1.54, 1.807) is 20.1 Å². The number of nitrogens with one attached hydrogen (secondary N) is 1.